The van der Waals surface area contributed by atoms with Crippen molar-refractivity contribution in [2.75, 3.05) is 0 Å². The highest BCUT2D eigenvalue weighted by Gasteiger charge is 2.54. The quantitative estimate of drug-likeness (QED) is 0.832. The molecule has 0 spiro atoms. The highest BCUT2D eigenvalue weighted by Crippen LogP contribution is 2.61. The van der Waals surface area contributed by atoms with Gasteiger partial charge < -0.3 is 5.32 Å². The van der Waals surface area contributed by atoms with Gasteiger partial charge in [-0.2, -0.15) is 5.10 Å². The Balaban J connectivity index is 1.57. The SMILES string of the molecule is CCC(NC(=O)c1c(Br)c(C)nn1C)C12CC3CC(CC(C3)C1)C2. The summed E-state index contributed by atoms with van der Waals surface area (Å²) in [5.41, 5.74) is 1.86. The number of hydrogen-bond donors (Lipinski definition) is 1. The molecular weight excluding hydrogens is 366 g/mol. The Morgan fingerprint density at radius 2 is 1.83 bits per heavy atom. The van der Waals surface area contributed by atoms with Crippen molar-refractivity contribution >= 4 is 21.8 Å². The van der Waals surface area contributed by atoms with Crippen LogP contribution in [0, 0.1) is 30.1 Å². The number of nitrogens with zero attached hydrogens (tertiary/aromatic N) is 2. The molecule has 5 heteroatoms. The Morgan fingerprint density at radius 1 is 1.29 bits per heavy atom. The van der Waals surface area contributed by atoms with Gasteiger partial charge in [0.05, 0.1) is 10.2 Å². The Labute approximate surface area is 152 Å². The standard InChI is InChI=1S/C19H28BrN3O/c1-4-15(21-18(24)17-16(20)11(2)22-23(17)3)19-8-12-5-13(9-19)7-14(6-12)10-19/h12-15H,4-10H2,1-3H3,(H,21,24). The second kappa shape index (κ2) is 5.86. The van der Waals surface area contributed by atoms with Crippen LogP contribution in [0.15, 0.2) is 4.47 Å². The van der Waals surface area contributed by atoms with Gasteiger partial charge in [-0.1, -0.05) is 6.92 Å². The summed E-state index contributed by atoms with van der Waals surface area (Å²) in [5.74, 6) is 2.75. The van der Waals surface area contributed by atoms with E-state index < -0.39 is 0 Å². The molecule has 0 aromatic carbocycles. The van der Waals surface area contributed by atoms with E-state index >= 15 is 0 Å². The van der Waals surface area contributed by atoms with Gasteiger partial charge in [-0.25, -0.2) is 0 Å². The largest absolute Gasteiger partial charge is 0.347 e. The molecule has 4 bridgehead atoms. The maximum atomic E-state index is 13.0. The topological polar surface area (TPSA) is 46.9 Å². The number of aryl methyl sites for hydroxylation is 2. The molecule has 0 saturated heterocycles. The van der Waals surface area contributed by atoms with Crippen LogP contribution in [0.1, 0.15) is 68.1 Å². The summed E-state index contributed by atoms with van der Waals surface area (Å²) < 4.78 is 2.52. The number of amides is 1. The van der Waals surface area contributed by atoms with Crippen molar-refractivity contribution in [3.05, 3.63) is 15.9 Å². The summed E-state index contributed by atoms with van der Waals surface area (Å²) in [7, 11) is 1.85. The molecule has 4 aliphatic rings. The van der Waals surface area contributed by atoms with Gasteiger partial charge in [-0.3, -0.25) is 9.48 Å². The summed E-state index contributed by atoms with van der Waals surface area (Å²) in [6, 6.07) is 0.292. The number of carbonyl (C=O) groups is 1. The molecule has 0 aliphatic heterocycles. The molecule has 1 N–H and O–H groups in total. The van der Waals surface area contributed by atoms with E-state index in [2.05, 4.69) is 33.3 Å². The van der Waals surface area contributed by atoms with Crippen LogP contribution in [0.4, 0.5) is 0 Å². The predicted molar refractivity (Wildman–Crippen MR) is 97.8 cm³/mol. The number of hydrogen-bond acceptors (Lipinski definition) is 2. The van der Waals surface area contributed by atoms with Crippen LogP contribution in [0.3, 0.4) is 0 Å². The molecule has 4 saturated carbocycles. The van der Waals surface area contributed by atoms with Crippen LogP contribution in [0.2, 0.25) is 0 Å². The molecule has 4 fully saturated rings. The Kier molecular flexibility index (Phi) is 4.06. The zero-order chi connectivity index (χ0) is 17.1. The van der Waals surface area contributed by atoms with E-state index in [1.165, 1.54) is 38.5 Å². The third-order valence-corrected chi connectivity index (χ3v) is 7.85. The van der Waals surface area contributed by atoms with Crippen LogP contribution in [-0.4, -0.2) is 21.7 Å². The number of halogens is 1. The molecule has 132 valence electrons. The fraction of sp³-hybridized carbons (Fsp3) is 0.789. The molecule has 1 atom stereocenters. The molecular formula is C19H28BrN3O. The first-order chi connectivity index (χ1) is 11.4. The van der Waals surface area contributed by atoms with Gasteiger partial charge in [0.15, 0.2) is 0 Å². The van der Waals surface area contributed by atoms with Crippen LogP contribution >= 0.6 is 15.9 Å². The van der Waals surface area contributed by atoms with Crippen molar-refractivity contribution in [2.24, 2.45) is 30.2 Å². The van der Waals surface area contributed by atoms with Gasteiger partial charge in [0.2, 0.25) is 0 Å². The smallest absolute Gasteiger partial charge is 0.270 e. The van der Waals surface area contributed by atoms with E-state index in [9.17, 15) is 4.79 Å². The number of carbonyl (C=O) groups excluding carboxylic acids is 1. The Hall–Kier alpha value is -0.840. The highest BCUT2D eigenvalue weighted by molar-refractivity contribution is 9.10. The third-order valence-electron chi connectivity index (χ3n) is 6.90. The fourth-order valence-corrected chi connectivity index (χ4v) is 6.91. The second-order valence-corrected chi connectivity index (χ2v) is 9.38. The maximum absolute atomic E-state index is 13.0. The van der Waals surface area contributed by atoms with E-state index in [0.717, 1.165) is 34.3 Å². The zero-order valence-electron chi connectivity index (χ0n) is 14.9. The van der Waals surface area contributed by atoms with Gasteiger partial charge >= 0.3 is 0 Å². The number of aromatic nitrogens is 2. The fourth-order valence-electron chi connectivity index (χ4n) is 6.40. The molecule has 1 amide bonds. The van der Waals surface area contributed by atoms with E-state index in [0.29, 0.717) is 17.2 Å². The lowest BCUT2D eigenvalue weighted by atomic mass is 9.47. The summed E-state index contributed by atoms with van der Waals surface area (Å²) in [6.07, 6.45) is 9.31. The molecule has 1 heterocycles. The predicted octanol–water partition coefficient (Wildman–Crippen LogP) is 4.22. The molecule has 1 aromatic rings. The van der Waals surface area contributed by atoms with Crippen LogP contribution in [0.5, 0.6) is 0 Å². The van der Waals surface area contributed by atoms with Crippen molar-refractivity contribution < 1.29 is 4.79 Å². The lowest BCUT2D eigenvalue weighted by molar-refractivity contribution is -0.0727. The summed E-state index contributed by atoms with van der Waals surface area (Å²) >= 11 is 3.53. The molecule has 1 aromatic heterocycles. The van der Waals surface area contributed by atoms with E-state index in [1.54, 1.807) is 4.68 Å². The van der Waals surface area contributed by atoms with Crippen molar-refractivity contribution in [3.8, 4) is 0 Å². The first-order valence-corrected chi connectivity index (χ1v) is 10.2. The van der Waals surface area contributed by atoms with Crippen LogP contribution in [0.25, 0.3) is 0 Å². The van der Waals surface area contributed by atoms with Crippen molar-refractivity contribution in [2.45, 2.75) is 64.8 Å². The van der Waals surface area contributed by atoms with Gasteiger partial charge in [-0.05, 0) is 91.0 Å². The summed E-state index contributed by atoms with van der Waals surface area (Å²) in [5, 5.41) is 7.77. The third kappa shape index (κ3) is 2.54. The second-order valence-electron chi connectivity index (χ2n) is 8.59. The summed E-state index contributed by atoms with van der Waals surface area (Å²) in [4.78, 5) is 13.0. The van der Waals surface area contributed by atoms with Crippen molar-refractivity contribution in [1.82, 2.24) is 15.1 Å². The molecule has 5 rings (SSSR count). The van der Waals surface area contributed by atoms with E-state index in [1.807, 2.05) is 14.0 Å². The summed E-state index contributed by atoms with van der Waals surface area (Å²) in [6.45, 7) is 4.16. The van der Waals surface area contributed by atoms with Crippen molar-refractivity contribution in [1.29, 1.82) is 0 Å². The minimum Gasteiger partial charge on any atom is -0.347 e. The monoisotopic (exact) mass is 393 g/mol. The average molecular weight is 394 g/mol. The molecule has 4 nitrogen and oxygen atoms in total. The van der Waals surface area contributed by atoms with Gasteiger partial charge in [0, 0.05) is 13.1 Å². The first-order valence-electron chi connectivity index (χ1n) is 9.42. The minimum atomic E-state index is 0.0209. The Morgan fingerprint density at radius 3 is 2.25 bits per heavy atom. The van der Waals surface area contributed by atoms with Gasteiger partial charge in [-0.15, -0.1) is 0 Å². The van der Waals surface area contributed by atoms with Crippen LogP contribution in [-0.2, 0) is 7.05 Å². The van der Waals surface area contributed by atoms with Crippen molar-refractivity contribution in [3.63, 3.8) is 0 Å². The zero-order valence-corrected chi connectivity index (χ0v) is 16.5. The van der Waals surface area contributed by atoms with Gasteiger partial charge in [0.1, 0.15) is 5.69 Å². The van der Waals surface area contributed by atoms with Crippen LogP contribution < -0.4 is 5.32 Å². The molecule has 0 radical (unpaired) electrons. The van der Waals surface area contributed by atoms with Gasteiger partial charge in [0.25, 0.3) is 5.91 Å². The average Bonchev–Trinajstić information content (AvgIpc) is 2.76. The lowest BCUT2D eigenvalue weighted by Gasteiger charge is -2.59. The maximum Gasteiger partial charge on any atom is 0.270 e. The molecule has 24 heavy (non-hydrogen) atoms. The lowest BCUT2D eigenvalue weighted by Crippen LogP contribution is -2.56. The number of nitrogens with one attached hydrogen (secondary N) is 1. The van der Waals surface area contributed by atoms with E-state index in [-0.39, 0.29) is 5.91 Å². The molecule has 1 unspecified atom stereocenters. The Bertz CT molecular complexity index is 631. The normalized spacial score (nSPS) is 35.2. The number of rotatable bonds is 4. The highest BCUT2D eigenvalue weighted by atomic mass is 79.9. The first kappa shape index (κ1) is 16.6. The molecule has 4 aliphatic carbocycles. The van der Waals surface area contributed by atoms with E-state index in [4.69, 9.17) is 0 Å². The minimum absolute atomic E-state index is 0.0209.